The third-order valence-corrected chi connectivity index (χ3v) is 4.59. The maximum absolute atomic E-state index is 12.7. The van der Waals surface area contributed by atoms with Crippen LogP contribution in [0.5, 0.6) is 5.75 Å². The molecule has 0 aromatic carbocycles. The summed E-state index contributed by atoms with van der Waals surface area (Å²) in [6.07, 6.45) is 5.18. The molecule has 26 heavy (non-hydrogen) atoms. The molecule has 1 fully saturated rings. The molecule has 4 rings (SSSR count). The van der Waals surface area contributed by atoms with Crippen molar-refractivity contribution >= 4 is 16.9 Å². The number of rotatable bonds is 5. The van der Waals surface area contributed by atoms with Crippen molar-refractivity contribution in [2.45, 2.75) is 0 Å². The van der Waals surface area contributed by atoms with E-state index >= 15 is 0 Å². The predicted molar refractivity (Wildman–Crippen MR) is 98.2 cm³/mol. The summed E-state index contributed by atoms with van der Waals surface area (Å²) in [5, 5.41) is 0. The van der Waals surface area contributed by atoms with Crippen molar-refractivity contribution in [3.8, 4) is 5.75 Å². The van der Waals surface area contributed by atoms with E-state index in [0.29, 0.717) is 25.4 Å². The SMILES string of the molecule is O=C(c1cc2ncccc2[nH]1)N1CCN(CCOc2cccnc2)CC1. The van der Waals surface area contributed by atoms with Crippen molar-refractivity contribution in [1.29, 1.82) is 0 Å². The van der Waals surface area contributed by atoms with Crippen molar-refractivity contribution in [3.63, 3.8) is 0 Å². The van der Waals surface area contributed by atoms with Crippen LogP contribution in [-0.2, 0) is 0 Å². The Hall–Kier alpha value is -2.93. The number of hydrogen-bond donors (Lipinski definition) is 1. The molecule has 1 aliphatic rings. The molecule has 134 valence electrons. The smallest absolute Gasteiger partial charge is 0.270 e. The minimum absolute atomic E-state index is 0.0364. The van der Waals surface area contributed by atoms with E-state index in [1.807, 2.05) is 35.2 Å². The molecule has 7 nitrogen and oxygen atoms in total. The third kappa shape index (κ3) is 3.67. The van der Waals surface area contributed by atoms with Gasteiger partial charge in [-0.15, -0.1) is 0 Å². The molecule has 0 saturated carbocycles. The van der Waals surface area contributed by atoms with Crippen LogP contribution in [0.1, 0.15) is 10.5 Å². The number of piperazine rings is 1. The number of aromatic nitrogens is 3. The maximum Gasteiger partial charge on any atom is 0.270 e. The number of carbonyl (C=O) groups is 1. The molecule has 0 unspecified atom stereocenters. The molecule has 1 amide bonds. The van der Waals surface area contributed by atoms with Crippen molar-refractivity contribution < 1.29 is 9.53 Å². The average molecular weight is 351 g/mol. The lowest BCUT2D eigenvalue weighted by Crippen LogP contribution is -2.49. The number of hydrogen-bond acceptors (Lipinski definition) is 5. The van der Waals surface area contributed by atoms with Gasteiger partial charge in [-0.1, -0.05) is 0 Å². The summed E-state index contributed by atoms with van der Waals surface area (Å²) in [6, 6.07) is 9.38. The van der Waals surface area contributed by atoms with E-state index in [1.54, 1.807) is 18.6 Å². The highest BCUT2D eigenvalue weighted by Crippen LogP contribution is 2.15. The molecule has 1 N–H and O–H groups in total. The quantitative estimate of drug-likeness (QED) is 0.759. The predicted octanol–water partition coefficient (Wildman–Crippen LogP) is 1.79. The highest BCUT2D eigenvalue weighted by atomic mass is 16.5. The minimum atomic E-state index is 0.0364. The van der Waals surface area contributed by atoms with Crippen LogP contribution in [0.15, 0.2) is 48.9 Å². The first-order valence-corrected chi connectivity index (χ1v) is 8.78. The number of ether oxygens (including phenoxy) is 1. The summed E-state index contributed by atoms with van der Waals surface area (Å²) < 4.78 is 5.69. The monoisotopic (exact) mass is 351 g/mol. The van der Waals surface area contributed by atoms with Crippen molar-refractivity contribution in [3.05, 3.63) is 54.6 Å². The van der Waals surface area contributed by atoms with E-state index in [0.717, 1.165) is 36.4 Å². The number of carbonyl (C=O) groups excluding carboxylic acids is 1. The first-order chi connectivity index (χ1) is 12.8. The van der Waals surface area contributed by atoms with E-state index in [-0.39, 0.29) is 5.91 Å². The van der Waals surface area contributed by atoms with Crippen molar-refractivity contribution in [1.82, 2.24) is 24.8 Å². The number of nitrogens with zero attached hydrogens (tertiary/aromatic N) is 4. The van der Waals surface area contributed by atoms with Gasteiger partial charge in [0.05, 0.1) is 17.2 Å². The molecule has 4 heterocycles. The largest absolute Gasteiger partial charge is 0.491 e. The molecule has 1 aliphatic heterocycles. The molecule has 0 spiro atoms. The Bertz CT molecular complexity index is 839. The summed E-state index contributed by atoms with van der Waals surface area (Å²) >= 11 is 0. The van der Waals surface area contributed by atoms with E-state index in [2.05, 4.69) is 19.9 Å². The zero-order chi connectivity index (χ0) is 17.8. The highest BCUT2D eigenvalue weighted by Gasteiger charge is 2.23. The summed E-state index contributed by atoms with van der Waals surface area (Å²) in [6.45, 7) is 4.59. The lowest BCUT2D eigenvalue weighted by atomic mass is 10.2. The van der Waals surface area contributed by atoms with Gasteiger partial charge in [0.2, 0.25) is 0 Å². The Morgan fingerprint density at radius 3 is 2.77 bits per heavy atom. The first kappa shape index (κ1) is 16.5. The van der Waals surface area contributed by atoms with Crippen LogP contribution in [-0.4, -0.2) is 70.0 Å². The number of amides is 1. The average Bonchev–Trinajstić information content (AvgIpc) is 3.13. The summed E-state index contributed by atoms with van der Waals surface area (Å²) in [5.41, 5.74) is 2.32. The maximum atomic E-state index is 12.7. The topological polar surface area (TPSA) is 74.4 Å². The van der Waals surface area contributed by atoms with Gasteiger partial charge >= 0.3 is 0 Å². The number of pyridine rings is 2. The van der Waals surface area contributed by atoms with Gasteiger partial charge in [-0.3, -0.25) is 19.7 Å². The Labute approximate surface area is 151 Å². The molecule has 1 saturated heterocycles. The van der Waals surface area contributed by atoms with Gasteiger partial charge in [0, 0.05) is 45.1 Å². The molecule has 0 bridgehead atoms. The van der Waals surface area contributed by atoms with Gasteiger partial charge in [-0.25, -0.2) is 0 Å². The van der Waals surface area contributed by atoms with Gasteiger partial charge in [0.1, 0.15) is 18.1 Å². The normalized spacial score (nSPS) is 15.3. The van der Waals surface area contributed by atoms with Gasteiger partial charge in [0.15, 0.2) is 0 Å². The Kier molecular flexibility index (Phi) is 4.79. The third-order valence-electron chi connectivity index (χ3n) is 4.59. The lowest BCUT2D eigenvalue weighted by Gasteiger charge is -2.34. The second kappa shape index (κ2) is 7.53. The van der Waals surface area contributed by atoms with Gasteiger partial charge < -0.3 is 14.6 Å². The zero-order valence-corrected chi connectivity index (χ0v) is 14.5. The molecule has 0 radical (unpaired) electrons. The molecular formula is C19H21N5O2. The van der Waals surface area contributed by atoms with Gasteiger partial charge in [0.25, 0.3) is 5.91 Å². The molecule has 3 aromatic rings. The second-order valence-electron chi connectivity index (χ2n) is 6.29. The number of fused-ring (bicyclic) bond motifs is 1. The molecule has 7 heteroatoms. The van der Waals surface area contributed by atoms with E-state index in [1.165, 1.54) is 0 Å². The fraction of sp³-hybridized carbons (Fsp3) is 0.316. The highest BCUT2D eigenvalue weighted by molar-refractivity contribution is 5.97. The van der Waals surface area contributed by atoms with Gasteiger partial charge in [-0.05, 0) is 30.3 Å². The van der Waals surface area contributed by atoms with E-state index < -0.39 is 0 Å². The summed E-state index contributed by atoms with van der Waals surface area (Å²) in [4.78, 5) is 28.4. The Morgan fingerprint density at radius 2 is 2.00 bits per heavy atom. The number of H-pyrrole nitrogens is 1. The second-order valence-corrected chi connectivity index (χ2v) is 6.29. The van der Waals surface area contributed by atoms with E-state index in [4.69, 9.17) is 4.74 Å². The molecule has 0 aliphatic carbocycles. The minimum Gasteiger partial charge on any atom is -0.491 e. The van der Waals surface area contributed by atoms with Crippen LogP contribution in [0.3, 0.4) is 0 Å². The van der Waals surface area contributed by atoms with Crippen molar-refractivity contribution in [2.75, 3.05) is 39.3 Å². The lowest BCUT2D eigenvalue weighted by molar-refractivity contribution is 0.0615. The Balaban J connectivity index is 1.27. The Morgan fingerprint density at radius 1 is 1.15 bits per heavy atom. The summed E-state index contributed by atoms with van der Waals surface area (Å²) in [7, 11) is 0. The fourth-order valence-corrected chi connectivity index (χ4v) is 3.14. The van der Waals surface area contributed by atoms with Crippen LogP contribution in [0.2, 0.25) is 0 Å². The zero-order valence-electron chi connectivity index (χ0n) is 14.5. The standard InChI is InChI=1S/C19H21N5O2/c25-19(18-13-17-16(22-18)4-2-6-21-17)24-9-7-23(8-10-24)11-12-26-15-3-1-5-20-14-15/h1-6,13-14,22H,7-12H2. The van der Waals surface area contributed by atoms with Crippen LogP contribution in [0, 0.1) is 0 Å². The van der Waals surface area contributed by atoms with E-state index in [9.17, 15) is 4.79 Å². The van der Waals surface area contributed by atoms with Crippen molar-refractivity contribution in [2.24, 2.45) is 0 Å². The molecule has 0 atom stereocenters. The van der Waals surface area contributed by atoms with Crippen LogP contribution in [0.25, 0.3) is 11.0 Å². The van der Waals surface area contributed by atoms with Crippen LogP contribution >= 0.6 is 0 Å². The number of aromatic amines is 1. The summed E-state index contributed by atoms with van der Waals surface area (Å²) in [5.74, 6) is 0.822. The van der Waals surface area contributed by atoms with Crippen LogP contribution < -0.4 is 4.74 Å². The number of nitrogens with one attached hydrogen (secondary N) is 1. The fourth-order valence-electron chi connectivity index (χ4n) is 3.14. The first-order valence-electron chi connectivity index (χ1n) is 8.78. The molecular weight excluding hydrogens is 330 g/mol. The van der Waals surface area contributed by atoms with Crippen LogP contribution in [0.4, 0.5) is 0 Å². The van der Waals surface area contributed by atoms with Gasteiger partial charge in [-0.2, -0.15) is 0 Å². The molecule has 3 aromatic heterocycles.